The lowest BCUT2D eigenvalue weighted by molar-refractivity contribution is -0.188. The Kier molecular flexibility index (Phi) is 5.17. The number of carbonyl (C=O) groups excluding carboxylic acids is 1. The highest BCUT2D eigenvalue weighted by Gasteiger charge is 2.35. The molecule has 1 aromatic rings. The van der Waals surface area contributed by atoms with E-state index in [0.717, 1.165) is 43.6 Å². The molecule has 8 heteroatoms. The molecule has 0 saturated carbocycles. The monoisotopic (exact) mass is 360 g/mol. The van der Waals surface area contributed by atoms with E-state index in [-0.39, 0.29) is 12.5 Å². The molecule has 2 aliphatic rings. The minimum Gasteiger partial charge on any atom is -0.370 e. The molecule has 2 heterocycles. The van der Waals surface area contributed by atoms with Crippen molar-refractivity contribution in [3.63, 3.8) is 0 Å². The number of nitrogens with zero attached hydrogens (tertiary/aromatic N) is 1. The molecule has 2 fully saturated rings. The fourth-order valence-corrected chi connectivity index (χ4v) is 3.71. The summed E-state index contributed by atoms with van der Waals surface area (Å²) in [5, 5.41) is 3.24. The number of carbonyl (C=O) groups is 1. The van der Waals surface area contributed by atoms with Crippen LogP contribution in [0.5, 0.6) is 0 Å². The molecule has 4 nitrogen and oxygen atoms in total. The molecule has 0 radical (unpaired) electrons. The predicted molar refractivity (Wildman–Crippen MR) is 83.8 cm³/mol. The van der Waals surface area contributed by atoms with Crippen LogP contribution in [-0.4, -0.2) is 32.1 Å². The zero-order chi connectivity index (χ0) is 18.0. The summed E-state index contributed by atoms with van der Waals surface area (Å²) in [7, 11) is 0. The molecule has 138 valence electrons. The number of halogens is 4. The number of alkyl halides is 3. The molecule has 3 rings (SSSR count). The molecule has 25 heavy (non-hydrogen) atoms. The van der Waals surface area contributed by atoms with Gasteiger partial charge >= 0.3 is 12.1 Å². The van der Waals surface area contributed by atoms with Crippen molar-refractivity contribution in [2.24, 2.45) is 5.92 Å². The highest BCUT2D eigenvalue weighted by molar-refractivity contribution is 5.74. The topological polar surface area (TPSA) is 41.6 Å². The minimum absolute atomic E-state index is 0.169. The van der Waals surface area contributed by atoms with Crippen molar-refractivity contribution >= 4 is 11.7 Å². The maximum Gasteiger partial charge on any atom is 0.416 e. The summed E-state index contributed by atoms with van der Waals surface area (Å²) in [6, 6.07) is 3.82. The molecule has 1 N–H and O–H groups in total. The summed E-state index contributed by atoms with van der Waals surface area (Å²) in [5.74, 6) is -1.44. The summed E-state index contributed by atoms with van der Waals surface area (Å²) in [6.07, 6.45) is -2.37. The maximum absolute atomic E-state index is 13.1. The third-order valence-electron chi connectivity index (χ3n) is 5.08. The van der Waals surface area contributed by atoms with Crippen LogP contribution in [0, 0.1) is 5.92 Å². The van der Waals surface area contributed by atoms with E-state index in [1.54, 1.807) is 11.0 Å². The van der Waals surface area contributed by atoms with Crippen molar-refractivity contribution < 1.29 is 27.4 Å². The standard InChI is InChI=1S/C17H20F4N2O2/c18-17(19,20)13-1-2-14(11-3-6-22-7-4-11)15(9-13)23-8-5-12(10-23)16(24)25-21/h1-2,9,11-12,22H,3-8,10H2. The zero-order valence-electron chi connectivity index (χ0n) is 13.6. The Hall–Kier alpha value is -1.83. The fourth-order valence-electron chi connectivity index (χ4n) is 3.71. The van der Waals surface area contributed by atoms with Gasteiger partial charge in [0.05, 0.1) is 11.5 Å². The Morgan fingerprint density at radius 3 is 2.56 bits per heavy atom. The second kappa shape index (κ2) is 7.19. The van der Waals surface area contributed by atoms with E-state index in [9.17, 15) is 22.5 Å². The smallest absolute Gasteiger partial charge is 0.370 e. The first-order valence-electron chi connectivity index (χ1n) is 8.39. The van der Waals surface area contributed by atoms with E-state index in [2.05, 4.69) is 10.3 Å². The molecular weight excluding hydrogens is 340 g/mol. The van der Waals surface area contributed by atoms with Gasteiger partial charge in [-0.15, -0.1) is 0 Å². The molecule has 1 atom stereocenters. The minimum atomic E-state index is -4.43. The summed E-state index contributed by atoms with van der Waals surface area (Å²) < 4.78 is 51.5. The number of nitrogens with one attached hydrogen (secondary N) is 1. The first-order chi connectivity index (χ1) is 11.9. The highest BCUT2D eigenvalue weighted by atomic mass is 19.4. The van der Waals surface area contributed by atoms with Crippen molar-refractivity contribution in [2.45, 2.75) is 31.4 Å². The third kappa shape index (κ3) is 3.89. The second-order valence-electron chi connectivity index (χ2n) is 6.62. The SMILES string of the molecule is O=C(OF)C1CCN(c2cc(C(F)(F)F)ccc2C2CCNCC2)C1. The average Bonchev–Trinajstić information content (AvgIpc) is 3.10. The third-order valence-corrected chi connectivity index (χ3v) is 5.08. The van der Waals surface area contributed by atoms with Crippen LogP contribution in [0.1, 0.15) is 36.3 Å². The molecular formula is C17H20F4N2O2. The van der Waals surface area contributed by atoms with Crippen LogP contribution in [0.2, 0.25) is 0 Å². The molecule has 0 aromatic heterocycles. The van der Waals surface area contributed by atoms with Crippen LogP contribution < -0.4 is 10.2 Å². The largest absolute Gasteiger partial charge is 0.416 e. The fraction of sp³-hybridized carbons (Fsp3) is 0.588. The van der Waals surface area contributed by atoms with Crippen molar-refractivity contribution in [1.82, 2.24) is 5.32 Å². The van der Waals surface area contributed by atoms with E-state index in [1.165, 1.54) is 0 Å². The molecule has 0 aliphatic carbocycles. The Balaban J connectivity index is 1.92. The van der Waals surface area contributed by atoms with Gasteiger partial charge in [0.1, 0.15) is 0 Å². The number of rotatable bonds is 3. The lowest BCUT2D eigenvalue weighted by atomic mass is 9.88. The molecule has 1 aromatic carbocycles. The molecule has 0 spiro atoms. The normalized spacial score (nSPS) is 22.2. The van der Waals surface area contributed by atoms with E-state index < -0.39 is 23.6 Å². The van der Waals surface area contributed by atoms with Crippen LogP contribution in [-0.2, 0) is 15.9 Å². The van der Waals surface area contributed by atoms with Gasteiger partial charge in [0.15, 0.2) is 0 Å². The lowest BCUT2D eigenvalue weighted by Crippen LogP contribution is -2.29. The quantitative estimate of drug-likeness (QED) is 0.839. The number of piperidine rings is 1. The lowest BCUT2D eigenvalue weighted by Gasteiger charge is -2.29. The average molecular weight is 360 g/mol. The van der Waals surface area contributed by atoms with Crippen LogP contribution >= 0.6 is 0 Å². The van der Waals surface area contributed by atoms with Gasteiger partial charge in [0, 0.05) is 23.3 Å². The highest BCUT2D eigenvalue weighted by Crippen LogP contribution is 2.40. The molecule has 0 amide bonds. The summed E-state index contributed by atoms with van der Waals surface area (Å²) in [6.45, 7) is 2.21. The first kappa shape index (κ1) is 18.0. The van der Waals surface area contributed by atoms with Gasteiger partial charge in [-0.3, -0.25) is 4.94 Å². The van der Waals surface area contributed by atoms with Crippen LogP contribution in [0.15, 0.2) is 18.2 Å². The van der Waals surface area contributed by atoms with Gasteiger partial charge in [-0.1, -0.05) is 6.07 Å². The van der Waals surface area contributed by atoms with Crippen LogP contribution in [0.25, 0.3) is 0 Å². The van der Waals surface area contributed by atoms with Crippen molar-refractivity contribution in [1.29, 1.82) is 0 Å². The summed E-state index contributed by atoms with van der Waals surface area (Å²) in [4.78, 5) is 16.4. The molecule has 2 aliphatic heterocycles. The van der Waals surface area contributed by atoms with Gasteiger partial charge in [0.25, 0.3) is 0 Å². The number of anilines is 1. The Labute approximate surface area is 143 Å². The Morgan fingerprint density at radius 1 is 1.20 bits per heavy atom. The van der Waals surface area contributed by atoms with Gasteiger partial charge in [-0.2, -0.15) is 13.2 Å². The Morgan fingerprint density at radius 2 is 1.92 bits per heavy atom. The van der Waals surface area contributed by atoms with E-state index >= 15 is 0 Å². The summed E-state index contributed by atoms with van der Waals surface area (Å²) >= 11 is 0. The van der Waals surface area contributed by atoms with Crippen LogP contribution in [0.3, 0.4) is 0 Å². The number of hydrogen-bond acceptors (Lipinski definition) is 4. The number of benzene rings is 1. The van der Waals surface area contributed by atoms with Crippen molar-refractivity contribution in [2.75, 3.05) is 31.1 Å². The van der Waals surface area contributed by atoms with E-state index in [4.69, 9.17) is 0 Å². The maximum atomic E-state index is 13.1. The van der Waals surface area contributed by atoms with Crippen molar-refractivity contribution in [3.05, 3.63) is 29.3 Å². The predicted octanol–water partition coefficient (Wildman–Crippen LogP) is 3.43. The number of hydrogen-bond donors (Lipinski definition) is 1. The second-order valence-corrected chi connectivity index (χ2v) is 6.62. The summed E-state index contributed by atoms with van der Waals surface area (Å²) in [5.41, 5.74) is 0.649. The van der Waals surface area contributed by atoms with Crippen LogP contribution in [0.4, 0.5) is 23.4 Å². The zero-order valence-corrected chi connectivity index (χ0v) is 13.6. The van der Waals surface area contributed by atoms with E-state index in [0.29, 0.717) is 18.7 Å². The van der Waals surface area contributed by atoms with Gasteiger partial charge in [-0.25, -0.2) is 4.79 Å². The first-order valence-corrected chi connectivity index (χ1v) is 8.39. The van der Waals surface area contributed by atoms with Gasteiger partial charge in [0.2, 0.25) is 0 Å². The van der Waals surface area contributed by atoms with Crippen molar-refractivity contribution in [3.8, 4) is 0 Å². The molecule has 0 bridgehead atoms. The molecule has 2 saturated heterocycles. The van der Waals surface area contributed by atoms with Gasteiger partial charge < -0.3 is 10.2 Å². The van der Waals surface area contributed by atoms with Gasteiger partial charge in [-0.05, 0) is 56.0 Å². The van der Waals surface area contributed by atoms with E-state index in [1.807, 2.05) is 0 Å². The molecule has 1 unspecified atom stereocenters. The Bertz CT molecular complexity index is 630.